The molecule has 0 radical (unpaired) electrons. The molecule has 2 aromatic rings. The van der Waals surface area contributed by atoms with Crippen LogP contribution in [0.4, 0.5) is 0 Å². The highest BCUT2D eigenvalue weighted by Crippen LogP contribution is 2.18. The number of halogens is 1. The van der Waals surface area contributed by atoms with Crippen molar-refractivity contribution in [2.24, 2.45) is 0 Å². The van der Waals surface area contributed by atoms with Crippen molar-refractivity contribution in [1.29, 1.82) is 0 Å². The minimum atomic E-state index is 0.566. The molecule has 100 valence electrons. The molecular formula is C15H17BrN2O. The number of nitrogens with zero attached hydrogens (tertiary/aromatic N) is 1. The maximum Gasteiger partial charge on any atom is 0.127 e. The maximum absolute atomic E-state index is 5.86. The van der Waals surface area contributed by atoms with E-state index in [4.69, 9.17) is 4.74 Å². The lowest BCUT2D eigenvalue weighted by Gasteiger charge is -2.11. The second-order valence-electron chi connectivity index (χ2n) is 4.18. The molecule has 0 saturated heterocycles. The van der Waals surface area contributed by atoms with Crippen LogP contribution in [0.3, 0.4) is 0 Å². The van der Waals surface area contributed by atoms with Gasteiger partial charge in [0.1, 0.15) is 12.4 Å². The van der Waals surface area contributed by atoms with E-state index in [0.29, 0.717) is 6.61 Å². The quantitative estimate of drug-likeness (QED) is 0.884. The SMILES string of the molecule is CCNCc1cnccc1OCc1ccc(Br)cc1. The van der Waals surface area contributed by atoms with E-state index >= 15 is 0 Å². The minimum Gasteiger partial charge on any atom is -0.488 e. The van der Waals surface area contributed by atoms with Crippen molar-refractivity contribution in [2.45, 2.75) is 20.1 Å². The first-order valence-electron chi connectivity index (χ1n) is 6.30. The van der Waals surface area contributed by atoms with Crippen LogP contribution in [0.25, 0.3) is 0 Å². The van der Waals surface area contributed by atoms with Gasteiger partial charge < -0.3 is 10.1 Å². The number of aromatic nitrogens is 1. The van der Waals surface area contributed by atoms with E-state index in [2.05, 4.69) is 45.3 Å². The predicted octanol–water partition coefficient (Wildman–Crippen LogP) is 3.53. The first kappa shape index (κ1) is 14.0. The number of nitrogens with one attached hydrogen (secondary N) is 1. The fourth-order valence-electron chi connectivity index (χ4n) is 1.69. The zero-order valence-electron chi connectivity index (χ0n) is 10.9. The first-order valence-corrected chi connectivity index (χ1v) is 7.09. The summed E-state index contributed by atoms with van der Waals surface area (Å²) in [6, 6.07) is 10.0. The molecule has 4 heteroatoms. The zero-order valence-corrected chi connectivity index (χ0v) is 12.5. The third-order valence-electron chi connectivity index (χ3n) is 2.73. The molecule has 1 N–H and O–H groups in total. The van der Waals surface area contributed by atoms with E-state index in [9.17, 15) is 0 Å². The lowest BCUT2D eigenvalue weighted by atomic mass is 10.2. The molecule has 1 heterocycles. The van der Waals surface area contributed by atoms with Gasteiger partial charge in [-0.15, -0.1) is 0 Å². The van der Waals surface area contributed by atoms with Gasteiger partial charge in [0, 0.05) is 29.0 Å². The molecule has 1 aromatic heterocycles. The van der Waals surface area contributed by atoms with E-state index in [1.165, 1.54) is 0 Å². The van der Waals surface area contributed by atoms with Crippen molar-refractivity contribution >= 4 is 15.9 Å². The van der Waals surface area contributed by atoms with Crippen LogP contribution in [0.15, 0.2) is 47.2 Å². The van der Waals surface area contributed by atoms with Crippen molar-refractivity contribution < 1.29 is 4.74 Å². The summed E-state index contributed by atoms with van der Waals surface area (Å²) in [4.78, 5) is 4.14. The molecule has 0 aliphatic carbocycles. The molecule has 0 fully saturated rings. The van der Waals surface area contributed by atoms with E-state index in [-0.39, 0.29) is 0 Å². The summed E-state index contributed by atoms with van der Waals surface area (Å²) >= 11 is 3.42. The number of hydrogen-bond donors (Lipinski definition) is 1. The Balaban J connectivity index is 2.00. The Labute approximate surface area is 122 Å². The number of pyridine rings is 1. The predicted molar refractivity (Wildman–Crippen MR) is 80.1 cm³/mol. The average molecular weight is 321 g/mol. The normalized spacial score (nSPS) is 10.4. The van der Waals surface area contributed by atoms with Crippen molar-refractivity contribution in [3.63, 3.8) is 0 Å². The third kappa shape index (κ3) is 4.33. The molecule has 1 aromatic carbocycles. The van der Waals surface area contributed by atoms with Gasteiger partial charge in [0.25, 0.3) is 0 Å². The third-order valence-corrected chi connectivity index (χ3v) is 3.26. The molecule has 19 heavy (non-hydrogen) atoms. The van der Waals surface area contributed by atoms with E-state index in [1.54, 1.807) is 6.20 Å². The van der Waals surface area contributed by atoms with Gasteiger partial charge >= 0.3 is 0 Å². The lowest BCUT2D eigenvalue weighted by Crippen LogP contribution is -2.13. The van der Waals surface area contributed by atoms with Gasteiger partial charge in [0.2, 0.25) is 0 Å². The average Bonchev–Trinajstić information content (AvgIpc) is 2.45. The van der Waals surface area contributed by atoms with E-state index in [0.717, 1.165) is 34.4 Å². The lowest BCUT2D eigenvalue weighted by molar-refractivity contribution is 0.302. The Morgan fingerprint density at radius 3 is 2.74 bits per heavy atom. The summed E-state index contributed by atoms with van der Waals surface area (Å²) in [6.45, 7) is 4.36. The van der Waals surface area contributed by atoms with Gasteiger partial charge in [-0.1, -0.05) is 35.0 Å². The minimum absolute atomic E-state index is 0.566. The van der Waals surface area contributed by atoms with Gasteiger partial charge in [-0.2, -0.15) is 0 Å². The van der Waals surface area contributed by atoms with Gasteiger partial charge in [-0.05, 0) is 30.3 Å². The molecule has 0 aliphatic rings. The van der Waals surface area contributed by atoms with Gasteiger partial charge in [0.05, 0.1) is 0 Å². The van der Waals surface area contributed by atoms with Gasteiger partial charge in [0.15, 0.2) is 0 Å². The number of ether oxygens (including phenoxy) is 1. The van der Waals surface area contributed by atoms with Crippen LogP contribution in [-0.2, 0) is 13.2 Å². The summed E-state index contributed by atoms with van der Waals surface area (Å²) < 4.78 is 6.94. The van der Waals surface area contributed by atoms with Crippen LogP contribution in [0.2, 0.25) is 0 Å². The molecule has 0 atom stereocenters. The van der Waals surface area contributed by atoms with E-state index in [1.807, 2.05) is 24.4 Å². The molecule has 0 amide bonds. The van der Waals surface area contributed by atoms with Crippen LogP contribution in [0.5, 0.6) is 5.75 Å². The van der Waals surface area contributed by atoms with Gasteiger partial charge in [-0.25, -0.2) is 0 Å². The van der Waals surface area contributed by atoms with Crippen LogP contribution in [0, 0.1) is 0 Å². The summed E-state index contributed by atoms with van der Waals surface area (Å²) in [5.74, 6) is 0.888. The van der Waals surface area contributed by atoms with Crippen LogP contribution in [-0.4, -0.2) is 11.5 Å². The standard InChI is InChI=1S/C15H17BrN2O/c1-2-17-9-13-10-18-8-7-15(13)19-11-12-3-5-14(16)6-4-12/h3-8,10,17H,2,9,11H2,1H3. The zero-order chi connectivity index (χ0) is 13.5. The molecule has 0 aliphatic heterocycles. The number of rotatable bonds is 6. The number of benzene rings is 1. The second kappa shape index (κ2) is 7.26. The van der Waals surface area contributed by atoms with Crippen LogP contribution in [0.1, 0.15) is 18.1 Å². The molecular weight excluding hydrogens is 304 g/mol. The highest BCUT2D eigenvalue weighted by Gasteiger charge is 2.03. The van der Waals surface area contributed by atoms with Crippen molar-refractivity contribution in [2.75, 3.05) is 6.54 Å². The van der Waals surface area contributed by atoms with Crippen molar-refractivity contribution in [1.82, 2.24) is 10.3 Å². The Morgan fingerprint density at radius 1 is 1.21 bits per heavy atom. The van der Waals surface area contributed by atoms with Crippen molar-refractivity contribution in [3.05, 3.63) is 58.3 Å². The molecule has 0 saturated carbocycles. The highest BCUT2D eigenvalue weighted by molar-refractivity contribution is 9.10. The maximum atomic E-state index is 5.86. The number of hydrogen-bond acceptors (Lipinski definition) is 3. The first-order chi connectivity index (χ1) is 9.29. The fraction of sp³-hybridized carbons (Fsp3) is 0.267. The van der Waals surface area contributed by atoms with E-state index < -0.39 is 0 Å². The topological polar surface area (TPSA) is 34.2 Å². The summed E-state index contributed by atoms with van der Waals surface area (Å²) in [5.41, 5.74) is 2.23. The fourth-order valence-corrected chi connectivity index (χ4v) is 1.95. The monoisotopic (exact) mass is 320 g/mol. The van der Waals surface area contributed by atoms with Gasteiger partial charge in [-0.3, -0.25) is 4.98 Å². The Kier molecular flexibility index (Phi) is 5.36. The smallest absolute Gasteiger partial charge is 0.127 e. The molecule has 3 nitrogen and oxygen atoms in total. The Morgan fingerprint density at radius 2 is 2.00 bits per heavy atom. The Bertz CT molecular complexity index is 514. The largest absolute Gasteiger partial charge is 0.488 e. The van der Waals surface area contributed by atoms with Crippen LogP contribution >= 0.6 is 15.9 Å². The summed E-state index contributed by atoms with van der Waals surface area (Å²) in [7, 11) is 0. The molecule has 0 unspecified atom stereocenters. The molecule has 0 bridgehead atoms. The van der Waals surface area contributed by atoms with Crippen molar-refractivity contribution in [3.8, 4) is 5.75 Å². The summed E-state index contributed by atoms with van der Waals surface area (Å²) in [6.07, 6.45) is 3.60. The highest BCUT2D eigenvalue weighted by atomic mass is 79.9. The second-order valence-corrected chi connectivity index (χ2v) is 5.09. The molecule has 0 spiro atoms. The molecule has 2 rings (SSSR count). The summed E-state index contributed by atoms with van der Waals surface area (Å²) in [5, 5.41) is 3.28. The Hall–Kier alpha value is -1.39. The van der Waals surface area contributed by atoms with Crippen LogP contribution < -0.4 is 10.1 Å².